The van der Waals surface area contributed by atoms with Crippen LogP contribution in [0.5, 0.6) is 0 Å². The molecule has 0 aliphatic carbocycles. The Morgan fingerprint density at radius 2 is 2.00 bits per heavy atom. The third-order valence-corrected chi connectivity index (χ3v) is 4.55. The molecule has 7 nitrogen and oxygen atoms in total. The van der Waals surface area contributed by atoms with Gasteiger partial charge in [-0.25, -0.2) is 0 Å². The van der Waals surface area contributed by atoms with Crippen molar-refractivity contribution in [3.05, 3.63) is 63.4 Å². The van der Waals surface area contributed by atoms with Crippen LogP contribution in [0, 0.1) is 0 Å². The summed E-state index contributed by atoms with van der Waals surface area (Å²) in [6, 6.07) is 4.83. The van der Waals surface area contributed by atoms with Crippen LogP contribution in [0.15, 0.2) is 46.7 Å². The van der Waals surface area contributed by atoms with Crippen molar-refractivity contribution in [1.29, 1.82) is 0 Å². The highest BCUT2D eigenvalue weighted by molar-refractivity contribution is 7.03. The number of alkyl halides is 3. The van der Waals surface area contributed by atoms with Crippen LogP contribution in [0.3, 0.4) is 0 Å². The maximum Gasteiger partial charge on any atom is 0.416 e. The van der Waals surface area contributed by atoms with Crippen LogP contribution >= 0.6 is 11.5 Å². The fourth-order valence-corrected chi connectivity index (χ4v) is 2.95. The number of hydrogen-bond donors (Lipinski definition) is 2. The van der Waals surface area contributed by atoms with Gasteiger partial charge in [-0.2, -0.15) is 27.3 Å². The zero-order valence-electron chi connectivity index (χ0n) is 15.0. The summed E-state index contributed by atoms with van der Waals surface area (Å²) in [5.41, 5.74) is -1.07. The number of carbonyl (C=O) groups excluding carboxylic acids is 1. The van der Waals surface area contributed by atoms with E-state index in [1.54, 1.807) is 12.3 Å². The lowest BCUT2D eigenvalue weighted by molar-refractivity contribution is -0.137. The first-order valence-electron chi connectivity index (χ1n) is 8.34. The molecule has 3 rings (SSSR count). The molecule has 0 fully saturated rings. The molecule has 0 aliphatic heterocycles. The van der Waals surface area contributed by atoms with Crippen LogP contribution in [0.1, 0.15) is 22.8 Å². The minimum atomic E-state index is -4.49. The predicted octanol–water partition coefficient (Wildman–Crippen LogP) is 2.49. The van der Waals surface area contributed by atoms with E-state index < -0.39 is 29.2 Å². The van der Waals surface area contributed by atoms with Gasteiger partial charge in [-0.05, 0) is 36.7 Å². The van der Waals surface area contributed by atoms with E-state index in [0.29, 0.717) is 11.3 Å². The van der Waals surface area contributed by atoms with Crippen LogP contribution < -0.4 is 10.9 Å². The Morgan fingerprint density at radius 3 is 2.55 bits per heavy atom. The van der Waals surface area contributed by atoms with Gasteiger partial charge >= 0.3 is 6.18 Å². The van der Waals surface area contributed by atoms with Gasteiger partial charge in [0.05, 0.1) is 29.7 Å². The van der Waals surface area contributed by atoms with Gasteiger partial charge in [-0.3, -0.25) is 9.59 Å². The molecule has 29 heavy (non-hydrogen) atoms. The van der Waals surface area contributed by atoms with Gasteiger partial charge < -0.3 is 10.4 Å². The molecule has 2 heterocycles. The standard InChI is InChI=1S/C18H15F3N4O3S/c1-10(8-26)23-16(27)14-6-15(11-2-4-12(5-3-11)18(19,20)21)24-25(17(14)28)13-7-22-29-9-13/h2-7,9-10,26H,8H2,1H3,(H,23,27)/t10-/m0/s1. The summed E-state index contributed by atoms with van der Waals surface area (Å²) in [5.74, 6) is -0.732. The van der Waals surface area contributed by atoms with Crippen LogP contribution in [-0.2, 0) is 6.18 Å². The van der Waals surface area contributed by atoms with Crippen LogP contribution in [-0.4, -0.2) is 37.8 Å². The zero-order chi connectivity index (χ0) is 21.2. The molecule has 0 bridgehead atoms. The van der Waals surface area contributed by atoms with E-state index in [9.17, 15) is 22.8 Å². The van der Waals surface area contributed by atoms with Crippen LogP contribution in [0.25, 0.3) is 16.9 Å². The second-order valence-corrected chi connectivity index (χ2v) is 6.83. The Kier molecular flexibility index (Phi) is 5.80. The van der Waals surface area contributed by atoms with Crippen molar-refractivity contribution in [2.75, 3.05) is 6.61 Å². The molecule has 3 aromatic rings. The highest BCUT2D eigenvalue weighted by atomic mass is 32.1. The lowest BCUT2D eigenvalue weighted by Crippen LogP contribution is -2.39. The quantitative estimate of drug-likeness (QED) is 0.656. The van der Waals surface area contributed by atoms with E-state index in [-0.39, 0.29) is 17.9 Å². The summed E-state index contributed by atoms with van der Waals surface area (Å²) in [5, 5.41) is 17.3. The number of carbonyl (C=O) groups is 1. The van der Waals surface area contributed by atoms with E-state index in [0.717, 1.165) is 28.3 Å². The summed E-state index contributed by atoms with van der Waals surface area (Å²) in [4.78, 5) is 25.3. The number of halogens is 3. The lowest BCUT2D eigenvalue weighted by atomic mass is 10.1. The first-order chi connectivity index (χ1) is 13.7. The molecule has 0 saturated carbocycles. The second-order valence-electron chi connectivity index (χ2n) is 6.18. The molecule has 2 aromatic heterocycles. The second kappa shape index (κ2) is 8.13. The number of rotatable bonds is 5. The van der Waals surface area contributed by atoms with E-state index >= 15 is 0 Å². The predicted molar refractivity (Wildman–Crippen MR) is 100.0 cm³/mol. The lowest BCUT2D eigenvalue weighted by Gasteiger charge is -2.13. The highest BCUT2D eigenvalue weighted by Crippen LogP contribution is 2.30. The van der Waals surface area contributed by atoms with Gasteiger partial charge in [-0.1, -0.05) is 12.1 Å². The number of aliphatic hydroxyl groups is 1. The van der Waals surface area contributed by atoms with E-state index in [4.69, 9.17) is 5.11 Å². The van der Waals surface area contributed by atoms with Gasteiger partial charge in [0.15, 0.2) is 0 Å². The first kappa shape index (κ1) is 20.7. The molecule has 0 radical (unpaired) electrons. The average molecular weight is 424 g/mol. The largest absolute Gasteiger partial charge is 0.416 e. The maximum absolute atomic E-state index is 12.8. The topological polar surface area (TPSA) is 97.1 Å². The molecule has 1 atom stereocenters. The molecule has 1 amide bonds. The van der Waals surface area contributed by atoms with Crippen LogP contribution in [0.4, 0.5) is 13.2 Å². The summed E-state index contributed by atoms with van der Waals surface area (Å²) in [6.07, 6.45) is -3.10. The van der Waals surface area contributed by atoms with Gasteiger partial charge in [0, 0.05) is 17.0 Å². The summed E-state index contributed by atoms with van der Waals surface area (Å²) < 4.78 is 43.3. The minimum Gasteiger partial charge on any atom is -0.394 e. The molecule has 1 aromatic carbocycles. The number of benzene rings is 1. The Labute approximate surface area is 166 Å². The Morgan fingerprint density at radius 1 is 1.31 bits per heavy atom. The Balaban J connectivity index is 2.12. The van der Waals surface area contributed by atoms with Gasteiger partial charge in [0.25, 0.3) is 11.5 Å². The molecular weight excluding hydrogens is 409 g/mol. The SMILES string of the molecule is C[C@@H](CO)NC(=O)c1cc(-c2ccc(C(F)(F)F)cc2)nn(-c2cnsc2)c1=O. The summed E-state index contributed by atoms with van der Waals surface area (Å²) in [7, 11) is 0. The maximum atomic E-state index is 12.8. The fraction of sp³-hybridized carbons (Fsp3) is 0.222. The zero-order valence-corrected chi connectivity index (χ0v) is 15.8. The van der Waals surface area contributed by atoms with E-state index in [1.807, 2.05) is 0 Å². The number of nitrogens with zero attached hydrogens (tertiary/aromatic N) is 3. The van der Waals surface area contributed by atoms with Crippen LogP contribution in [0.2, 0.25) is 0 Å². The summed E-state index contributed by atoms with van der Waals surface area (Å²) in [6.45, 7) is 1.22. The molecule has 2 N–H and O–H groups in total. The normalized spacial score (nSPS) is 12.6. The highest BCUT2D eigenvalue weighted by Gasteiger charge is 2.30. The third-order valence-electron chi connectivity index (χ3n) is 3.98. The number of aliphatic hydroxyl groups excluding tert-OH is 1. The molecule has 0 spiro atoms. The van der Waals surface area contributed by atoms with Gasteiger partial charge in [0.2, 0.25) is 0 Å². The molecule has 0 saturated heterocycles. The molecule has 0 aliphatic rings. The monoisotopic (exact) mass is 424 g/mol. The van der Waals surface area contributed by atoms with Crippen molar-refractivity contribution in [3.63, 3.8) is 0 Å². The Hall–Kier alpha value is -3.05. The molecule has 11 heteroatoms. The van der Waals surface area contributed by atoms with Crippen molar-refractivity contribution in [2.24, 2.45) is 0 Å². The fourth-order valence-electron chi connectivity index (χ4n) is 2.45. The average Bonchev–Trinajstić information content (AvgIpc) is 3.22. The molecular formula is C18H15F3N4O3S. The van der Waals surface area contributed by atoms with Crippen molar-refractivity contribution in [2.45, 2.75) is 19.1 Å². The number of amides is 1. The van der Waals surface area contributed by atoms with Crippen molar-refractivity contribution >= 4 is 17.4 Å². The van der Waals surface area contributed by atoms with Crippen molar-refractivity contribution in [3.8, 4) is 16.9 Å². The van der Waals surface area contributed by atoms with E-state index in [2.05, 4.69) is 14.8 Å². The first-order valence-corrected chi connectivity index (χ1v) is 9.18. The third kappa shape index (κ3) is 4.51. The van der Waals surface area contributed by atoms with Gasteiger partial charge in [-0.15, -0.1) is 0 Å². The van der Waals surface area contributed by atoms with Gasteiger partial charge in [0.1, 0.15) is 5.56 Å². The smallest absolute Gasteiger partial charge is 0.394 e. The number of nitrogens with one attached hydrogen (secondary N) is 1. The number of aromatic nitrogens is 3. The van der Waals surface area contributed by atoms with Crippen molar-refractivity contribution < 1.29 is 23.1 Å². The molecule has 152 valence electrons. The van der Waals surface area contributed by atoms with Crippen molar-refractivity contribution in [1.82, 2.24) is 19.5 Å². The molecule has 0 unspecified atom stereocenters. The van der Waals surface area contributed by atoms with E-state index in [1.165, 1.54) is 24.4 Å². The number of hydrogen-bond acceptors (Lipinski definition) is 6. The Bertz CT molecular complexity index is 1060. The minimum absolute atomic E-state index is 0.131. The summed E-state index contributed by atoms with van der Waals surface area (Å²) >= 11 is 1.07.